The first kappa shape index (κ1) is 13.7. The number of aliphatic carboxylic acids is 1. The van der Waals surface area contributed by atoms with Crippen molar-refractivity contribution in [2.45, 2.75) is 13.0 Å². The van der Waals surface area contributed by atoms with E-state index in [4.69, 9.17) is 28.3 Å². The number of halogens is 3. The van der Waals surface area contributed by atoms with Crippen molar-refractivity contribution in [1.82, 2.24) is 5.32 Å². The quantitative estimate of drug-likeness (QED) is 0.835. The third kappa shape index (κ3) is 3.31. The third-order valence-electron chi connectivity index (χ3n) is 1.97. The van der Waals surface area contributed by atoms with Gasteiger partial charge in [-0.2, -0.15) is 0 Å². The fourth-order valence-electron chi connectivity index (χ4n) is 1.03. The lowest BCUT2D eigenvalue weighted by atomic mass is 10.2. The summed E-state index contributed by atoms with van der Waals surface area (Å²) in [6.45, 7) is 1.28. The molecule has 4 nitrogen and oxygen atoms in total. The fraction of sp³-hybridized carbons (Fsp3) is 0.200. The molecule has 0 radical (unpaired) electrons. The Labute approximate surface area is 106 Å². The van der Waals surface area contributed by atoms with E-state index in [1.165, 1.54) is 6.92 Å². The molecule has 1 unspecified atom stereocenters. The summed E-state index contributed by atoms with van der Waals surface area (Å²) in [6.07, 6.45) is 0. The lowest BCUT2D eigenvalue weighted by Crippen LogP contribution is -2.38. The van der Waals surface area contributed by atoms with Crippen LogP contribution in [0.25, 0.3) is 0 Å². The lowest BCUT2D eigenvalue weighted by Gasteiger charge is -2.10. The Morgan fingerprint density at radius 2 is 1.94 bits per heavy atom. The van der Waals surface area contributed by atoms with Crippen LogP contribution in [0.5, 0.6) is 0 Å². The van der Waals surface area contributed by atoms with Gasteiger partial charge in [0, 0.05) is 0 Å². The summed E-state index contributed by atoms with van der Waals surface area (Å²) in [6, 6.07) is 0.838. The Hall–Kier alpha value is -1.33. The smallest absolute Gasteiger partial charge is 0.325 e. The minimum absolute atomic E-state index is 0.0495. The molecule has 1 aromatic rings. The van der Waals surface area contributed by atoms with Crippen molar-refractivity contribution in [3.63, 3.8) is 0 Å². The molecule has 0 heterocycles. The standard InChI is InChI=1S/C10H8Cl2FNO3/c1-4(10(16)17)14-9(15)5-2-8(13)7(12)3-6(5)11/h2-4H,1H3,(H,14,15)(H,16,17). The van der Waals surface area contributed by atoms with E-state index in [1.54, 1.807) is 0 Å². The van der Waals surface area contributed by atoms with Gasteiger partial charge in [0.15, 0.2) is 0 Å². The second-order valence-electron chi connectivity index (χ2n) is 3.28. The Bertz CT molecular complexity index is 479. The van der Waals surface area contributed by atoms with Crippen LogP contribution in [0.2, 0.25) is 10.0 Å². The maximum Gasteiger partial charge on any atom is 0.325 e. The molecule has 1 aromatic carbocycles. The molecule has 0 aliphatic rings. The molecule has 0 aliphatic heterocycles. The van der Waals surface area contributed by atoms with Gasteiger partial charge in [-0.3, -0.25) is 9.59 Å². The van der Waals surface area contributed by atoms with Gasteiger partial charge < -0.3 is 10.4 Å². The Kier molecular flexibility index (Phi) is 4.31. The summed E-state index contributed by atoms with van der Waals surface area (Å²) in [7, 11) is 0. The van der Waals surface area contributed by atoms with E-state index in [0.717, 1.165) is 12.1 Å². The molecule has 0 aromatic heterocycles. The van der Waals surface area contributed by atoms with Crippen LogP contribution in [0.1, 0.15) is 17.3 Å². The minimum atomic E-state index is -1.20. The molecule has 1 rings (SSSR count). The number of carboxylic acids is 1. The van der Waals surface area contributed by atoms with Crippen LogP contribution >= 0.6 is 23.2 Å². The number of nitrogens with one attached hydrogen (secondary N) is 1. The highest BCUT2D eigenvalue weighted by molar-refractivity contribution is 6.36. The molecule has 1 atom stereocenters. The van der Waals surface area contributed by atoms with Crippen LogP contribution in [0.15, 0.2) is 12.1 Å². The van der Waals surface area contributed by atoms with Gasteiger partial charge in [-0.05, 0) is 19.1 Å². The van der Waals surface area contributed by atoms with Gasteiger partial charge in [-0.15, -0.1) is 0 Å². The average molecular weight is 280 g/mol. The molecule has 2 N–H and O–H groups in total. The van der Waals surface area contributed by atoms with Gasteiger partial charge in [-0.25, -0.2) is 4.39 Å². The molecular formula is C10H8Cl2FNO3. The first-order valence-corrected chi connectivity index (χ1v) is 5.26. The lowest BCUT2D eigenvalue weighted by molar-refractivity contribution is -0.138. The fourth-order valence-corrected chi connectivity index (χ4v) is 1.50. The Balaban J connectivity index is 2.97. The summed E-state index contributed by atoms with van der Waals surface area (Å²) in [4.78, 5) is 22.1. The summed E-state index contributed by atoms with van der Waals surface area (Å²) in [5, 5.41) is 10.5. The zero-order valence-corrected chi connectivity index (χ0v) is 10.1. The zero-order chi connectivity index (χ0) is 13.2. The van der Waals surface area contributed by atoms with Crippen molar-refractivity contribution in [3.05, 3.63) is 33.6 Å². The number of carbonyl (C=O) groups is 2. The van der Waals surface area contributed by atoms with E-state index in [0.29, 0.717) is 0 Å². The highest BCUT2D eigenvalue weighted by Gasteiger charge is 2.18. The Morgan fingerprint density at radius 1 is 1.35 bits per heavy atom. The van der Waals surface area contributed by atoms with Gasteiger partial charge in [0.2, 0.25) is 0 Å². The second-order valence-corrected chi connectivity index (χ2v) is 4.09. The molecule has 92 valence electrons. The van der Waals surface area contributed by atoms with Crippen molar-refractivity contribution in [3.8, 4) is 0 Å². The van der Waals surface area contributed by atoms with Gasteiger partial charge in [0.05, 0.1) is 15.6 Å². The predicted molar refractivity (Wildman–Crippen MR) is 61.0 cm³/mol. The molecule has 1 amide bonds. The largest absolute Gasteiger partial charge is 0.480 e. The summed E-state index contributed by atoms with van der Waals surface area (Å²) < 4.78 is 13.1. The van der Waals surface area contributed by atoms with E-state index >= 15 is 0 Å². The molecule has 0 aliphatic carbocycles. The number of rotatable bonds is 3. The van der Waals surface area contributed by atoms with E-state index in [-0.39, 0.29) is 15.6 Å². The first-order chi connectivity index (χ1) is 7.82. The highest BCUT2D eigenvalue weighted by atomic mass is 35.5. The maximum atomic E-state index is 13.1. The van der Waals surface area contributed by atoms with Gasteiger partial charge >= 0.3 is 5.97 Å². The van der Waals surface area contributed by atoms with Crippen LogP contribution in [-0.4, -0.2) is 23.0 Å². The molecule has 0 saturated heterocycles. The molecule has 0 spiro atoms. The van der Waals surface area contributed by atoms with Gasteiger partial charge in [0.1, 0.15) is 11.9 Å². The van der Waals surface area contributed by atoms with Crippen LogP contribution in [0.3, 0.4) is 0 Å². The van der Waals surface area contributed by atoms with Crippen LogP contribution in [0.4, 0.5) is 4.39 Å². The molecule has 0 fully saturated rings. The number of benzene rings is 1. The molecule has 0 saturated carbocycles. The predicted octanol–water partition coefficient (Wildman–Crippen LogP) is 2.34. The molecular weight excluding hydrogens is 272 g/mol. The molecule has 17 heavy (non-hydrogen) atoms. The zero-order valence-electron chi connectivity index (χ0n) is 8.63. The van der Waals surface area contributed by atoms with E-state index in [2.05, 4.69) is 5.32 Å². The summed E-state index contributed by atoms with van der Waals surface area (Å²) in [5.41, 5.74) is -0.165. The van der Waals surface area contributed by atoms with Crippen LogP contribution in [0, 0.1) is 5.82 Å². The van der Waals surface area contributed by atoms with Crippen molar-refractivity contribution in [2.75, 3.05) is 0 Å². The van der Waals surface area contributed by atoms with E-state index in [9.17, 15) is 14.0 Å². The van der Waals surface area contributed by atoms with E-state index in [1.807, 2.05) is 0 Å². The minimum Gasteiger partial charge on any atom is -0.480 e. The molecule has 0 bridgehead atoms. The van der Waals surface area contributed by atoms with Crippen LogP contribution < -0.4 is 5.32 Å². The average Bonchev–Trinajstić information content (AvgIpc) is 2.22. The number of hydrogen-bond donors (Lipinski definition) is 2. The van der Waals surface area contributed by atoms with Crippen molar-refractivity contribution >= 4 is 35.1 Å². The number of carbonyl (C=O) groups excluding carboxylic acids is 1. The Morgan fingerprint density at radius 3 is 2.47 bits per heavy atom. The van der Waals surface area contributed by atoms with E-state index < -0.39 is 23.7 Å². The highest BCUT2D eigenvalue weighted by Crippen LogP contribution is 2.24. The first-order valence-electron chi connectivity index (χ1n) is 4.51. The van der Waals surface area contributed by atoms with Gasteiger partial charge in [0.25, 0.3) is 5.91 Å². The SMILES string of the molecule is CC(NC(=O)c1cc(F)c(Cl)cc1Cl)C(=O)O. The number of carboxylic acid groups (broad SMARTS) is 1. The third-order valence-corrected chi connectivity index (χ3v) is 2.57. The maximum absolute atomic E-state index is 13.1. The monoisotopic (exact) mass is 279 g/mol. The number of amides is 1. The normalized spacial score (nSPS) is 12.0. The summed E-state index contributed by atoms with van der Waals surface area (Å²) >= 11 is 11.2. The summed E-state index contributed by atoms with van der Waals surface area (Å²) in [5.74, 6) is -2.78. The van der Waals surface area contributed by atoms with Crippen LogP contribution in [-0.2, 0) is 4.79 Å². The van der Waals surface area contributed by atoms with Crippen molar-refractivity contribution < 1.29 is 19.1 Å². The van der Waals surface area contributed by atoms with Gasteiger partial charge in [-0.1, -0.05) is 23.2 Å². The van der Waals surface area contributed by atoms with Crippen molar-refractivity contribution in [2.24, 2.45) is 0 Å². The second kappa shape index (κ2) is 5.33. The number of hydrogen-bond acceptors (Lipinski definition) is 2. The van der Waals surface area contributed by atoms with Crippen molar-refractivity contribution in [1.29, 1.82) is 0 Å². The molecule has 7 heteroatoms. The topological polar surface area (TPSA) is 66.4 Å².